The second-order valence-electron chi connectivity index (χ2n) is 12.6. The average Bonchev–Trinajstić information content (AvgIpc) is 3.45. The van der Waals surface area contributed by atoms with Gasteiger partial charge >= 0.3 is 0 Å². The molecule has 1 aliphatic rings. The average molecular weight is 647 g/mol. The van der Waals surface area contributed by atoms with Crippen LogP contribution in [0.2, 0.25) is 0 Å². The van der Waals surface area contributed by atoms with Gasteiger partial charge in [0, 0.05) is 25.5 Å². The lowest BCUT2D eigenvalue weighted by atomic mass is 9.71. The summed E-state index contributed by atoms with van der Waals surface area (Å²) in [5, 5.41) is 11.7. The highest BCUT2D eigenvalue weighted by molar-refractivity contribution is 8.22. The maximum absolute atomic E-state index is 13.9. The molecular formula is C35H46N6O4S. The van der Waals surface area contributed by atoms with Crippen LogP contribution in [0.25, 0.3) is 0 Å². The number of hydrogen-bond acceptors (Lipinski definition) is 8. The number of ether oxygens (including phenoxy) is 1. The van der Waals surface area contributed by atoms with Gasteiger partial charge in [-0.15, -0.1) is 15.9 Å². The van der Waals surface area contributed by atoms with Crippen LogP contribution in [0.4, 0.5) is 5.69 Å². The zero-order valence-corrected chi connectivity index (χ0v) is 28.2. The summed E-state index contributed by atoms with van der Waals surface area (Å²) in [5.41, 5.74) is 3.72. The molecule has 2 aromatic carbocycles. The van der Waals surface area contributed by atoms with E-state index >= 15 is 0 Å². The molecule has 5 rings (SSSR count). The van der Waals surface area contributed by atoms with Gasteiger partial charge in [-0.25, -0.2) is 0 Å². The molecule has 1 aliphatic heterocycles. The number of aromatic nitrogens is 4. The van der Waals surface area contributed by atoms with Crippen LogP contribution >= 0.6 is 10.8 Å². The number of carbonyl (C=O) groups is 1. The van der Waals surface area contributed by atoms with Gasteiger partial charge in [-0.1, -0.05) is 63.2 Å². The van der Waals surface area contributed by atoms with Crippen molar-refractivity contribution in [2.24, 2.45) is 5.41 Å². The smallest absolute Gasteiger partial charge is 0.230 e. The molecular weight excluding hydrogens is 600 g/mol. The molecule has 0 spiro atoms. The molecule has 3 N–H and O–H groups in total. The van der Waals surface area contributed by atoms with Crippen molar-refractivity contribution < 1.29 is 18.6 Å². The molecule has 0 bridgehead atoms. The van der Waals surface area contributed by atoms with Gasteiger partial charge in [-0.05, 0) is 79.5 Å². The molecule has 2 aromatic heterocycles. The molecule has 0 radical (unpaired) electrons. The molecule has 10 nitrogen and oxygen atoms in total. The fraction of sp³-hybridized carbons (Fsp3) is 0.429. The first-order chi connectivity index (χ1) is 22.0. The molecule has 1 amide bonds. The number of para-hydroxylation sites is 1. The molecule has 246 valence electrons. The first kappa shape index (κ1) is 33.6. The predicted octanol–water partition coefficient (Wildman–Crippen LogP) is 7.47. The van der Waals surface area contributed by atoms with E-state index in [4.69, 9.17) is 4.74 Å². The summed E-state index contributed by atoms with van der Waals surface area (Å²) < 4.78 is 33.1. The Kier molecular flexibility index (Phi) is 10.5. The van der Waals surface area contributed by atoms with E-state index in [1.54, 1.807) is 41.0 Å². The van der Waals surface area contributed by atoms with Gasteiger partial charge < -0.3 is 10.1 Å². The van der Waals surface area contributed by atoms with E-state index in [-0.39, 0.29) is 17.9 Å². The van der Waals surface area contributed by atoms with Crippen LogP contribution in [-0.2, 0) is 24.3 Å². The number of nitrogens with zero attached hydrogens (tertiary/aromatic N) is 5. The monoisotopic (exact) mass is 646 g/mol. The standard InChI is InChI=1S/C35H46N6O4S/c1-6-19-40-23-29(38-39-40)16-17-31(35(4,5)34(42)37-28-11-10-18-36-21-28)26-15-14-25(3)27(20-26)22-41-24-30(7-2)45-32-12-8-9-13-33(32)46(41,43)44/h8-15,18,20-21,23,30-31,43-44H,6-7,16-17,19,22,24H2,1-5H3,(H,37,42)/t30-,31+/m1/s1. The maximum Gasteiger partial charge on any atom is 0.230 e. The Morgan fingerprint density at radius 1 is 1.15 bits per heavy atom. The summed E-state index contributed by atoms with van der Waals surface area (Å²) in [5.74, 6) is 0.222. The number of aryl methyl sites for hydroxylation is 3. The van der Waals surface area contributed by atoms with Crippen molar-refractivity contribution in [2.45, 2.75) is 90.3 Å². The van der Waals surface area contributed by atoms with Gasteiger partial charge in [0.05, 0.1) is 29.5 Å². The molecule has 0 saturated carbocycles. The summed E-state index contributed by atoms with van der Waals surface area (Å²) in [6.07, 6.45) is 8.13. The Morgan fingerprint density at radius 2 is 1.96 bits per heavy atom. The van der Waals surface area contributed by atoms with Gasteiger partial charge in [-0.2, -0.15) is 4.31 Å². The topological polar surface area (TPSA) is 126 Å². The van der Waals surface area contributed by atoms with Crippen LogP contribution in [0, 0.1) is 12.3 Å². The molecule has 0 unspecified atom stereocenters. The highest BCUT2D eigenvalue weighted by Crippen LogP contribution is 2.57. The predicted molar refractivity (Wildman–Crippen MR) is 182 cm³/mol. The number of benzene rings is 2. The largest absolute Gasteiger partial charge is 0.487 e. The van der Waals surface area contributed by atoms with Crippen molar-refractivity contribution in [2.75, 3.05) is 11.9 Å². The molecule has 11 heteroatoms. The third-order valence-corrected chi connectivity index (χ3v) is 10.8. The number of fused-ring (bicyclic) bond motifs is 1. The summed E-state index contributed by atoms with van der Waals surface area (Å²) in [6.45, 7) is 11.6. The van der Waals surface area contributed by atoms with E-state index in [0.717, 1.165) is 41.8 Å². The quantitative estimate of drug-likeness (QED) is 0.145. The highest BCUT2D eigenvalue weighted by Gasteiger charge is 2.39. The fourth-order valence-electron chi connectivity index (χ4n) is 6.01. The van der Waals surface area contributed by atoms with E-state index in [9.17, 15) is 13.9 Å². The summed E-state index contributed by atoms with van der Waals surface area (Å²) in [4.78, 5) is 18.4. The number of pyridine rings is 1. The molecule has 3 heterocycles. The maximum atomic E-state index is 13.9. The number of amides is 1. The van der Waals surface area contributed by atoms with Crippen LogP contribution < -0.4 is 10.1 Å². The highest BCUT2D eigenvalue weighted by atomic mass is 32.3. The lowest BCUT2D eigenvalue weighted by molar-refractivity contribution is -0.125. The van der Waals surface area contributed by atoms with E-state index in [1.165, 1.54) is 0 Å². The van der Waals surface area contributed by atoms with Crippen LogP contribution in [0.15, 0.2) is 78.1 Å². The Hall–Kier alpha value is -3.77. The third kappa shape index (κ3) is 7.44. The van der Waals surface area contributed by atoms with Crippen molar-refractivity contribution in [3.05, 3.63) is 95.6 Å². The van der Waals surface area contributed by atoms with E-state index in [2.05, 4.69) is 45.7 Å². The third-order valence-electron chi connectivity index (χ3n) is 8.89. The van der Waals surface area contributed by atoms with Gasteiger partial charge in [0.2, 0.25) is 5.91 Å². The van der Waals surface area contributed by atoms with Gasteiger partial charge in [0.15, 0.2) is 0 Å². The van der Waals surface area contributed by atoms with Crippen LogP contribution in [0.3, 0.4) is 0 Å². The summed E-state index contributed by atoms with van der Waals surface area (Å²) in [7, 11) is -3.31. The van der Waals surface area contributed by atoms with Crippen LogP contribution in [0.5, 0.6) is 5.75 Å². The SMILES string of the molecule is CCCn1cc(CC[C@@H](c2ccc(C)c(CN3C[C@@H](CC)Oc4ccccc4S3(O)O)c2)C(C)(C)C(=O)Nc2cccnc2)nn1. The summed E-state index contributed by atoms with van der Waals surface area (Å²) >= 11 is 0. The van der Waals surface area contributed by atoms with Crippen LogP contribution in [0.1, 0.15) is 75.3 Å². The van der Waals surface area contributed by atoms with E-state index in [0.29, 0.717) is 42.3 Å². The van der Waals surface area contributed by atoms with Crippen LogP contribution in [-0.4, -0.2) is 51.9 Å². The van der Waals surface area contributed by atoms with Crippen molar-refractivity contribution in [3.8, 4) is 5.75 Å². The van der Waals surface area contributed by atoms with Gasteiger partial charge in [0.1, 0.15) is 16.7 Å². The molecule has 4 aromatic rings. The summed E-state index contributed by atoms with van der Waals surface area (Å²) in [6, 6.07) is 17.1. The fourth-order valence-corrected chi connectivity index (χ4v) is 7.63. The van der Waals surface area contributed by atoms with Gasteiger partial charge in [-0.3, -0.25) is 23.6 Å². The van der Waals surface area contributed by atoms with Gasteiger partial charge in [0.25, 0.3) is 0 Å². The van der Waals surface area contributed by atoms with Crippen molar-refractivity contribution in [1.82, 2.24) is 24.3 Å². The Bertz CT molecular complexity index is 1630. The number of nitrogens with one attached hydrogen (secondary N) is 1. The lowest BCUT2D eigenvalue weighted by Crippen LogP contribution is -2.37. The van der Waals surface area contributed by atoms with Crippen molar-refractivity contribution in [1.29, 1.82) is 0 Å². The Morgan fingerprint density at radius 3 is 2.70 bits per heavy atom. The zero-order chi connectivity index (χ0) is 32.9. The number of rotatable bonds is 12. The Balaban J connectivity index is 1.48. The first-order valence-electron chi connectivity index (χ1n) is 16.0. The first-order valence-corrected chi connectivity index (χ1v) is 17.5. The second-order valence-corrected chi connectivity index (χ2v) is 14.6. The second kappa shape index (κ2) is 14.3. The molecule has 2 atom stereocenters. The molecule has 0 fully saturated rings. The molecule has 46 heavy (non-hydrogen) atoms. The number of hydrogen-bond donors (Lipinski definition) is 3. The van der Waals surface area contributed by atoms with Crippen molar-refractivity contribution in [3.63, 3.8) is 0 Å². The molecule has 0 aliphatic carbocycles. The lowest BCUT2D eigenvalue weighted by Gasteiger charge is -2.42. The minimum Gasteiger partial charge on any atom is -0.487 e. The number of carbonyl (C=O) groups excluding carboxylic acids is 1. The zero-order valence-electron chi connectivity index (χ0n) is 27.4. The minimum atomic E-state index is -3.31. The normalized spacial score (nSPS) is 17.8. The molecule has 0 saturated heterocycles. The number of anilines is 1. The van der Waals surface area contributed by atoms with E-state index in [1.807, 2.05) is 50.7 Å². The van der Waals surface area contributed by atoms with Crippen molar-refractivity contribution >= 4 is 22.4 Å². The minimum absolute atomic E-state index is 0.108. The Labute approximate surface area is 273 Å². The van der Waals surface area contributed by atoms with E-state index < -0.39 is 16.2 Å².